The first-order chi connectivity index (χ1) is 10.1. The molecule has 0 aliphatic carbocycles. The Hall–Kier alpha value is -1.26. The molecule has 0 aromatic heterocycles. The molecule has 1 saturated heterocycles. The Kier molecular flexibility index (Phi) is 5.88. The van der Waals surface area contributed by atoms with Crippen LogP contribution in [0.1, 0.15) is 27.2 Å². The maximum absolute atomic E-state index is 6.13. The van der Waals surface area contributed by atoms with Crippen LogP contribution in [0.25, 0.3) is 0 Å². The third kappa shape index (κ3) is 5.56. The number of ether oxygens (including phenoxy) is 2. The second-order valence-electron chi connectivity index (χ2n) is 6.11. The molecule has 1 aliphatic rings. The Labute approximate surface area is 128 Å². The smallest absolute Gasteiger partial charge is 0.120 e. The Balaban J connectivity index is 1.81. The molecule has 118 valence electrons. The number of piperazine rings is 1. The van der Waals surface area contributed by atoms with Gasteiger partial charge in [-0.25, -0.2) is 0 Å². The lowest BCUT2D eigenvalue weighted by atomic mass is 10.0. The highest BCUT2D eigenvalue weighted by Crippen LogP contribution is 2.24. The van der Waals surface area contributed by atoms with Crippen LogP contribution < -0.4 is 14.8 Å². The molecule has 1 heterocycles. The van der Waals surface area contributed by atoms with E-state index >= 15 is 0 Å². The molecule has 0 saturated carbocycles. The van der Waals surface area contributed by atoms with E-state index in [-0.39, 0.29) is 5.60 Å². The van der Waals surface area contributed by atoms with Gasteiger partial charge in [-0.15, -0.1) is 0 Å². The first-order valence-corrected chi connectivity index (χ1v) is 7.94. The lowest BCUT2D eigenvalue weighted by Gasteiger charge is -2.32. The highest BCUT2D eigenvalue weighted by atomic mass is 16.5. The molecule has 0 unspecified atom stereocenters. The fraction of sp³-hybridized carbons (Fsp3) is 0.647. The highest BCUT2D eigenvalue weighted by Gasteiger charge is 2.21. The lowest BCUT2D eigenvalue weighted by Crippen LogP contribution is -2.45. The largest absolute Gasteiger partial charge is 0.494 e. The van der Waals surface area contributed by atoms with Gasteiger partial charge in [-0.1, -0.05) is 0 Å². The van der Waals surface area contributed by atoms with Gasteiger partial charge < -0.3 is 19.7 Å². The van der Waals surface area contributed by atoms with E-state index in [4.69, 9.17) is 9.47 Å². The van der Waals surface area contributed by atoms with Crippen LogP contribution in [-0.2, 0) is 0 Å². The van der Waals surface area contributed by atoms with E-state index in [9.17, 15) is 0 Å². The summed E-state index contributed by atoms with van der Waals surface area (Å²) in [5, 5.41) is 3.38. The Morgan fingerprint density at radius 3 is 2.33 bits per heavy atom. The van der Waals surface area contributed by atoms with Gasteiger partial charge in [0.25, 0.3) is 0 Å². The standard InChI is InChI=1S/C17H28N2O2/c1-4-20-15-5-7-16(8-6-15)21-17(2,3)9-12-19-13-10-18-11-14-19/h5-8,18H,4,9-14H2,1-3H3. The van der Waals surface area contributed by atoms with Crippen molar-refractivity contribution in [1.82, 2.24) is 10.2 Å². The number of benzene rings is 1. The van der Waals surface area contributed by atoms with Crippen LogP contribution in [-0.4, -0.2) is 49.8 Å². The van der Waals surface area contributed by atoms with E-state index in [1.165, 1.54) is 0 Å². The summed E-state index contributed by atoms with van der Waals surface area (Å²) in [6.07, 6.45) is 1.03. The predicted molar refractivity (Wildman–Crippen MR) is 86.2 cm³/mol. The average Bonchev–Trinajstić information content (AvgIpc) is 2.48. The average molecular weight is 292 g/mol. The predicted octanol–water partition coefficient (Wildman–Crippen LogP) is 2.54. The van der Waals surface area contributed by atoms with E-state index < -0.39 is 0 Å². The SMILES string of the molecule is CCOc1ccc(OC(C)(C)CCN2CCNCC2)cc1. The summed E-state index contributed by atoms with van der Waals surface area (Å²) in [6.45, 7) is 12.6. The molecular weight excluding hydrogens is 264 g/mol. The maximum Gasteiger partial charge on any atom is 0.120 e. The molecule has 4 nitrogen and oxygen atoms in total. The van der Waals surface area contributed by atoms with Gasteiger partial charge in [0.2, 0.25) is 0 Å². The summed E-state index contributed by atoms with van der Waals surface area (Å²) in [5.41, 5.74) is -0.155. The first kappa shape index (κ1) is 16.1. The number of hydrogen-bond donors (Lipinski definition) is 1. The minimum atomic E-state index is -0.155. The summed E-state index contributed by atoms with van der Waals surface area (Å²) in [5.74, 6) is 1.80. The van der Waals surface area contributed by atoms with Crippen LogP contribution in [0, 0.1) is 0 Å². The molecular formula is C17H28N2O2. The zero-order valence-electron chi connectivity index (χ0n) is 13.5. The Bertz CT molecular complexity index is 411. The fourth-order valence-electron chi connectivity index (χ4n) is 2.50. The number of nitrogens with zero attached hydrogens (tertiary/aromatic N) is 1. The van der Waals surface area contributed by atoms with E-state index in [1.807, 2.05) is 31.2 Å². The van der Waals surface area contributed by atoms with Crippen LogP contribution in [0.5, 0.6) is 11.5 Å². The quantitative estimate of drug-likeness (QED) is 0.837. The minimum absolute atomic E-state index is 0.155. The van der Waals surface area contributed by atoms with Gasteiger partial charge >= 0.3 is 0 Å². The van der Waals surface area contributed by atoms with Crippen molar-refractivity contribution < 1.29 is 9.47 Å². The van der Waals surface area contributed by atoms with Crippen molar-refractivity contribution >= 4 is 0 Å². The fourth-order valence-corrected chi connectivity index (χ4v) is 2.50. The summed E-state index contributed by atoms with van der Waals surface area (Å²) >= 11 is 0. The van der Waals surface area contributed by atoms with E-state index in [0.717, 1.165) is 50.6 Å². The van der Waals surface area contributed by atoms with Crippen LogP contribution in [0.4, 0.5) is 0 Å². The molecule has 1 N–H and O–H groups in total. The van der Waals surface area contributed by atoms with E-state index in [1.54, 1.807) is 0 Å². The van der Waals surface area contributed by atoms with Gasteiger partial charge in [-0.3, -0.25) is 0 Å². The molecule has 0 radical (unpaired) electrons. The highest BCUT2D eigenvalue weighted by molar-refractivity contribution is 5.31. The third-order valence-electron chi connectivity index (χ3n) is 3.77. The molecule has 0 spiro atoms. The molecule has 1 fully saturated rings. The van der Waals surface area contributed by atoms with Crippen molar-refractivity contribution in [3.63, 3.8) is 0 Å². The van der Waals surface area contributed by atoms with Crippen molar-refractivity contribution in [1.29, 1.82) is 0 Å². The van der Waals surface area contributed by atoms with Crippen molar-refractivity contribution in [2.75, 3.05) is 39.3 Å². The molecule has 1 aromatic carbocycles. The number of hydrogen-bond acceptors (Lipinski definition) is 4. The van der Waals surface area contributed by atoms with Crippen LogP contribution in [0.15, 0.2) is 24.3 Å². The summed E-state index contributed by atoms with van der Waals surface area (Å²) < 4.78 is 11.6. The van der Waals surface area contributed by atoms with Gasteiger partial charge in [-0.2, -0.15) is 0 Å². The van der Waals surface area contributed by atoms with Crippen molar-refractivity contribution in [2.45, 2.75) is 32.8 Å². The van der Waals surface area contributed by atoms with Crippen molar-refractivity contribution in [2.24, 2.45) is 0 Å². The van der Waals surface area contributed by atoms with Crippen LogP contribution in [0.3, 0.4) is 0 Å². The van der Waals surface area contributed by atoms with Gasteiger partial charge in [-0.05, 0) is 51.5 Å². The van der Waals surface area contributed by atoms with Crippen LogP contribution in [0.2, 0.25) is 0 Å². The van der Waals surface area contributed by atoms with Gasteiger partial charge in [0.15, 0.2) is 0 Å². The van der Waals surface area contributed by atoms with Gasteiger partial charge in [0.05, 0.1) is 6.61 Å². The molecule has 1 aromatic rings. The number of nitrogens with one attached hydrogen (secondary N) is 1. The second kappa shape index (κ2) is 7.66. The first-order valence-electron chi connectivity index (χ1n) is 7.94. The Morgan fingerprint density at radius 1 is 1.10 bits per heavy atom. The van der Waals surface area contributed by atoms with Crippen molar-refractivity contribution in [3.05, 3.63) is 24.3 Å². The third-order valence-corrected chi connectivity index (χ3v) is 3.77. The molecule has 0 bridgehead atoms. The number of rotatable bonds is 7. The molecule has 4 heteroatoms. The lowest BCUT2D eigenvalue weighted by molar-refractivity contribution is 0.0808. The monoisotopic (exact) mass is 292 g/mol. The minimum Gasteiger partial charge on any atom is -0.494 e. The summed E-state index contributed by atoms with van der Waals surface area (Å²) in [6, 6.07) is 7.89. The normalized spacial score (nSPS) is 16.7. The maximum atomic E-state index is 6.13. The molecule has 0 amide bonds. The van der Waals surface area contributed by atoms with E-state index in [2.05, 4.69) is 24.1 Å². The topological polar surface area (TPSA) is 33.7 Å². The van der Waals surface area contributed by atoms with Crippen molar-refractivity contribution in [3.8, 4) is 11.5 Å². The zero-order valence-corrected chi connectivity index (χ0v) is 13.5. The Morgan fingerprint density at radius 2 is 1.71 bits per heavy atom. The van der Waals surface area contributed by atoms with Gasteiger partial charge in [0, 0.05) is 32.7 Å². The zero-order chi connectivity index (χ0) is 15.1. The second-order valence-corrected chi connectivity index (χ2v) is 6.11. The molecule has 1 aliphatic heterocycles. The van der Waals surface area contributed by atoms with Gasteiger partial charge in [0.1, 0.15) is 17.1 Å². The summed E-state index contributed by atoms with van der Waals surface area (Å²) in [4.78, 5) is 2.50. The molecule has 2 rings (SSSR count). The summed E-state index contributed by atoms with van der Waals surface area (Å²) in [7, 11) is 0. The van der Waals surface area contributed by atoms with E-state index in [0.29, 0.717) is 6.61 Å². The molecule has 21 heavy (non-hydrogen) atoms. The molecule has 0 atom stereocenters. The van der Waals surface area contributed by atoms with Crippen LogP contribution >= 0.6 is 0 Å².